The first-order valence-corrected chi connectivity index (χ1v) is 8.05. The van der Waals surface area contributed by atoms with Gasteiger partial charge in [0.25, 0.3) is 0 Å². The topological polar surface area (TPSA) is 65.0 Å². The molecular formula is C18H24O5. The number of hydrogen-bond acceptors (Lipinski definition) is 5. The first-order chi connectivity index (χ1) is 10.9. The molecule has 2 aliphatic rings. The number of fused-ring (bicyclic) bond motifs is 1. The van der Waals surface area contributed by atoms with Gasteiger partial charge in [0.15, 0.2) is 5.78 Å². The SMILES string of the molecule is CC(=O)C1O[C@@H]2CC(C)(C)O[C@@H]2[C@@H](OCc2ccccc2)C1O. The number of carbonyl (C=O) groups excluding carboxylic acids is 1. The maximum atomic E-state index is 11.8. The molecule has 2 unspecified atom stereocenters. The van der Waals surface area contributed by atoms with Crippen LogP contribution in [0.15, 0.2) is 30.3 Å². The van der Waals surface area contributed by atoms with Crippen LogP contribution in [0.4, 0.5) is 0 Å². The van der Waals surface area contributed by atoms with Crippen LogP contribution in [-0.2, 0) is 25.6 Å². The van der Waals surface area contributed by atoms with Crippen molar-refractivity contribution in [3.05, 3.63) is 35.9 Å². The number of benzene rings is 1. The maximum Gasteiger partial charge on any atom is 0.161 e. The van der Waals surface area contributed by atoms with Crippen LogP contribution in [0.2, 0.25) is 0 Å². The number of ketones is 1. The zero-order chi connectivity index (χ0) is 16.6. The number of aliphatic hydroxyl groups is 1. The summed E-state index contributed by atoms with van der Waals surface area (Å²) in [4.78, 5) is 11.8. The van der Waals surface area contributed by atoms with Crippen molar-refractivity contribution in [1.82, 2.24) is 0 Å². The van der Waals surface area contributed by atoms with Crippen LogP contribution in [0.25, 0.3) is 0 Å². The van der Waals surface area contributed by atoms with Crippen molar-refractivity contribution in [3.8, 4) is 0 Å². The smallest absolute Gasteiger partial charge is 0.161 e. The van der Waals surface area contributed by atoms with Gasteiger partial charge in [0.2, 0.25) is 0 Å². The summed E-state index contributed by atoms with van der Waals surface area (Å²) in [6, 6.07) is 9.75. The summed E-state index contributed by atoms with van der Waals surface area (Å²) < 4.78 is 17.8. The highest BCUT2D eigenvalue weighted by Crippen LogP contribution is 2.40. The molecule has 23 heavy (non-hydrogen) atoms. The summed E-state index contributed by atoms with van der Waals surface area (Å²) in [6.45, 7) is 5.76. The molecule has 5 nitrogen and oxygen atoms in total. The van der Waals surface area contributed by atoms with E-state index >= 15 is 0 Å². The van der Waals surface area contributed by atoms with Gasteiger partial charge < -0.3 is 19.3 Å². The second-order valence-corrected chi connectivity index (χ2v) is 7.00. The summed E-state index contributed by atoms with van der Waals surface area (Å²) in [7, 11) is 0. The minimum Gasteiger partial charge on any atom is -0.387 e. The second-order valence-electron chi connectivity index (χ2n) is 7.00. The Morgan fingerprint density at radius 2 is 2.04 bits per heavy atom. The standard InChI is InChI=1S/C18H24O5/c1-11(19)15-14(20)17(21-10-12-7-5-4-6-8-12)16-13(22-15)9-18(2,3)23-16/h4-8,13-17,20H,9-10H2,1-3H3/t13-,14?,15?,16+,17+/m1/s1. The summed E-state index contributed by atoms with van der Waals surface area (Å²) in [5.74, 6) is -0.186. The Balaban J connectivity index is 1.77. The second kappa shape index (κ2) is 6.32. The summed E-state index contributed by atoms with van der Waals surface area (Å²) >= 11 is 0. The fourth-order valence-electron chi connectivity index (χ4n) is 3.43. The molecule has 2 heterocycles. The van der Waals surface area contributed by atoms with Gasteiger partial charge in [0.1, 0.15) is 24.4 Å². The van der Waals surface area contributed by atoms with E-state index in [1.165, 1.54) is 6.92 Å². The van der Waals surface area contributed by atoms with Crippen LogP contribution >= 0.6 is 0 Å². The van der Waals surface area contributed by atoms with Crippen molar-refractivity contribution in [3.63, 3.8) is 0 Å². The highest BCUT2D eigenvalue weighted by atomic mass is 16.6. The molecule has 0 saturated carbocycles. The number of ether oxygens (including phenoxy) is 3. The fraction of sp³-hybridized carbons (Fsp3) is 0.611. The third-order valence-electron chi connectivity index (χ3n) is 4.49. The van der Waals surface area contributed by atoms with E-state index in [9.17, 15) is 9.90 Å². The molecule has 3 rings (SSSR count). The van der Waals surface area contributed by atoms with Crippen molar-refractivity contribution in [1.29, 1.82) is 0 Å². The predicted octanol–water partition coefficient (Wildman–Crippen LogP) is 1.86. The van der Waals surface area contributed by atoms with Crippen LogP contribution in [0.1, 0.15) is 32.8 Å². The van der Waals surface area contributed by atoms with Crippen LogP contribution in [-0.4, -0.2) is 47.0 Å². The minimum absolute atomic E-state index is 0.186. The number of aliphatic hydroxyl groups excluding tert-OH is 1. The van der Waals surface area contributed by atoms with Crippen molar-refractivity contribution in [2.24, 2.45) is 0 Å². The van der Waals surface area contributed by atoms with E-state index in [2.05, 4.69) is 0 Å². The third-order valence-corrected chi connectivity index (χ3v) is 4.49. The molecule has 0 amide bonds. The molecule has 2 aliphatic heterocycles. The maximum absolute atomic E-state index is 11.8. The predicted molar refractivity (Wildman–Crippen MR) is 83.9 cm³/mol. The van der Waals surface area contributed by atoms with Crippen molar-refractivity contribution in [2.45, 2.75) is 69.9 Å². The number of hydrogen-bond donors (Lipinski definition) is 1. The summed E-state index contributed by atoms with van der Waals surface area (Å²) in [5.41, 5.74) is 0.661. The zero-order valence-corrected chi connectivity index (χ0v) is 13.8. The van der Waals surface area contributed by atoms with E-state index in [4.69, 9.17) is 14.2 Å². The van der Waals surface area contributed by atoms with Crippen LogP contribution in [0.5, 0.6) is 0 Å². The lowest BCUT2D eigenvalue weighted by atomic mass is 9.91. The molecule has 1 aromatic carbocycles. The van der Waals surface area contributed by atoms with Gasteiger partial charge in [-0.2, -0.15) is 0 Å². The molecule has 5 heteroatoms. The lowest BCUT2D eigenvalue weighted by molar-refractivity contribution is -0.228. The van der Waals surface area contributed by atoms with E-state index in [1.807, 2.05) is 44.2 Å². The first-order valence-electron chi connectivity index (χ1n) is 8.05. The number of Topliss-reactive ketones (excluding diaryl/α,β-unsaturated/α-hetero) is 1. The highest BCUT2D eigenvalue weighted by Gasteiger charge is 2.54. The zero-order valence-electron chi connectivity index (χ0n) is 13.8. The molecule has 5 atom stereocenters. The summed E-state index contributed by atoms with van der Waals surface area (Å²) in [5, 5.41) is 10.5. The van der Waals surface area contributed by atoms with Gasteiger partial charge in [-0.15, -0.1) is 0 Å². The molecule has 1 N–H and O–H groups in total. The lowest BCUT2D eigenvalue weighted by Crippen LogP contribution is -2.59. The van der Waals surface area contributed by atoms with Crippen molar-refractivity contribution >= 4 is 5.78 Å². The number of carbonyl (C=O) groups is 1. The van der Waals surface area contributed by atoms with E-state index in [0.29, 0.717) is 13.0 Å². The minimum atomic E-state index is -1.02. The Morgan fingerprint density at radius 1 is 1.35 bits per heavy atom. The van der Waals surface area contributed by atoms with Gasteiger partial charge in [-0.1, -0.05) is 30.3 Å². The molecule has 0 spiro atoms. The van der Waals surface area contributed by atoms with Crippen LogP contribution in [0.3, 0.4) is 0 Å². The van der Waals surface area contributed by atoms with Gasteiger partial charge in [0.05, 0.1) is 18.3 Å². The van der Waals surface area contributed by atoms with Crippen LogP contribution in [0, 0.1) is 0 Å². The van der Waals surface area contributed by atoms with Gasteiger partial charge >= 0.3 is 0 Å². The Labute approximate surface area is 136 Å². The van der Waals surface area contributed by atoms with Gasteiger partial charge in [0, 0.05) is 6.42 Å². The molecule has 1 aromatic rings. The quantitative estimate of drug-likeness (QED) is 0.917. The third kappa shape index (κ3) is 3.48. The normalized spacial score (nSPS) is 35.7. The molecule has 0 aromatic heterocycles. The monoisotopic (exact) mass is 320 g/mol. The van der Waals surface area contributed by atoms with Crippen LogP contribution < -0.4 is 0 Å². The van der Waals surface area contributed by atoms with Gasteiger partial charge in [-0.3, -0.25) is 4.79 Å². The van der Waals surface area contributed by atoms with E-state index in [1.54, 1.807) is 0 Å². The van der Waals surface area contributed by atoms with Gasteiger partial charge in [-0.05, 0) is 26.3 Å². The Bertz CT molecular complexity index is 556. The van der Waals surface area contributed by atoms with Gasteiger partial charge in [-0.25, -0.2) is 0 Å². The largest absolute Gasteiger partial charge is 0.387 e. The van der Waals surface area contributed by atoms with E-state index < -0.39 is 18.3 Å². The Morgan fingerprint density at radius 3 is 2.70 bits per heavy atom. The molecule has 0 aliphatic carbocycles. The first kappa shape index (κ1) is 16.6. The Kier molecular flexibility index (Phi) is 4.56. The lowest BCUT2D eigenvalue weighted by Gasteiger charge is -2.40. The van der Waals surface area contributed by atoms with Crippen molar-refractivity contribution in [2.75, 3.05) is 0 Å². The molecule has 2 saturated heterocycles. The Hall–Kier alpha value is -1.27. The summed E-state index contributed by atoms with van der Waals surface area (Å²) in [6.07, 6.45) is -2.37. The number of rotatable bonds is 4. The average molecular weight is 320 g/mol. The molecule has 0 bridgehead atoms. The molecule has 0 radical (unpaired) electrons. The molecular weight excluding hydrogens is 296 g/mol. The molecule has 126 valence electrons. The van der Waals surface area contributed by atoms with E-state index in [0.717, 1.165) is 5.56 Å². The molecule has 2 fully saturated rings. The van der Waals surface area contributed by atoms with Crippen molar-refractivity contribution < 1.29 is 24.1 Å². The highest BCUT2D eigenvalue weighted by molar-refractivity contribution is 5.81. The fourth-order valence-corrected chi connectivity index (χ4v) is 3.43. The average Bonchev–Trinajstić information content (AvgIpc) is 2.80. The van der Waals surface area contributed by atoms with E-state index in [-0.39, 0.29) is 23.6 Å².